The first kappa shape index (κ1) is 10.9. The van der Waals surface area contributed by atoms with E-state index in [1.54, 1.807) is 0 Å². The lowest BCUT2D eigenvalue weighted by molar-refractivity contribution is -0.126. The van der Waals surface area contributed by atoms with Gasteiger partial charge in [-0.05, 0) is 12.8 Å². The first-order valence-electron chi connectivity index (χ1n) is 4.50. The molecule has 0 atom stereocenters. The molecule has 0 radical (unpaired) electrons. The molecule has 1 rings (SSSR count). The van der Waals surface area contributed by atoms with Gasteiger partial charge in [-0.2, -0.15) is 0 Å². The van der Waals surface area contributed by atoms with E-state index in [0.717, 1.165) is 12.8 Å². The Hall–Kier alpha value is -1.14. The molecular formula is C8H15N3O3. The zero-order chi connectivity index (χ0) is 10.6. The molecule has 0 spiro atoms. The Labute approximate surface area is 81.8 Å². The molecule has 14 heavy (non-hydrogen) atoms. The highest BCUT2D eigenvalue weighted by atomic mass is 16.3. The van der Waals surface area contributed by atoms with Crippen LogP contribution in [0.3, 0.4) is 0 Å². The van der Waals surface area contributed by atoms with Crippen LogP contribution in [-0.2, 0) is 9.59 Å². The number of nitrogens with two attached hydrogens (primary N) is 1. The molecular weight excluding hydrogens is 186 g/mol. The minimum atomic E-state index is -0.426. The predicted octanol–water partition coefficient (Wildman–Crippen LogP) is -2.30. The molecule has 0 unspecified atom stereocenters. The molecule has 2 amide bonds. The average molecular weight is 201 g/mol. The summed E-state index contributed by atoms with van der Waals surface area (Å²) in [6.07, 6.45) is 1.58. The number of rotatable bonds is 5. The molecule has 0 heterocycles. The number of carbonyl (C=O) groups is 2. The first-order chi connectivity index (χ1) is 6.62. The molecule has 80 valence electrons. The summed E-state index contributed by atoms with van der Waals surface area (Å²) in [5.74, 6) is -0.660. The smallest absolute Gasteiger partial charge is 0.239 e. The summed E-state index contributed by atoms with van der Waals surface area (Å²) in [6.45, 7) is -0.264. The standard InChI is InChI=1S/C8H15N3O3/c9-3-6(13)10-4-7(14)11-8(5-12)1-2-8/h12H,1-5,9H2,(H,10,13)(H,11,14). The lowest BCUT2D eigenvalue weighted by atomic mass is 10.3. The van der Waals surface area contributed by atoms with Gasteiger partial charge in [0.25, 0.3) is 0 Å². The van der Waals surface area contributed by atoms with E-state index in [1.807, 2.05) is 0 Å². The average Bonchev–Trinajstić information content (AvgIpc) is 2.95. The van der Waals surface area contributed by atoms with E-state index in [4.69, 9.17) is 10.8 Å². The fourth-order valence-corrected chi connectivity index (χ4v) is 1.06. The zero-order valence-electron chi connectivity index (χ0n) is 7.88. The van der Waals surface area contributed by atoms with Crippen LogP contribution in [-0.4, -0.2) is 42.2 Å². The van der Waals surface area contributed by atoms with Crippen molar-refractivity contribution < 1.29 is 14.7 Å². The van der Waals surface area contributed by atoms with E-state index in [0.29, 0.717) is 0 Å². The molecule has 1 saturated carbocycles. The van der Waals surface area contributed by atoms with Crippen molar-refractivity contribution in [2.75, 3.05) is 19.7 Å². The fraction of sp³-hybridized carbons (Fsp3) is 0.750. The Kier molecular flexibility index (Phi) is 3.43. The van der Waals surface area contributed by atoms with Crippen molar-refractivity contribution in [3.05, 3.63) is 0 Å². The minimum absolute atomic E-state index is 0.0520. The lowest BCUT2D eigenvalue weighted by Crippen LogP contribution is -2.45. The van der Waals surface area contributed by atoms with Crippen LogP contribution >= 0.6 is 0 Å². The molecule has 6 nitrogen and oxygen atoms in total. The highest BCUT2D eigenvalue weighted by Gasteiger charge is 2.43. The third-order valence-corrected chi connectivity index (χ3v) is 2.19. The second kappa shape index (κ2) is 4.39. The number of aliphatic hydroxyl groups is 1. The van der Waals surface area contributed by atoms with Crippen LogP contribution < -0.4 is 16.4 Å². The molecule has 0 bridgehead atoms. The van der Waals surface area contributed by atoms with Gasteiger partial charge in [0.05, 0.1) is 25.2 Å². The van der Waals surface area contributed by atoms with Crippen molar-refractivity contribution in [2.45, 2.75) is 18.4 Å². The summed E-state index contributed by atoms with van der Waals surface area (Å²) in [5, 5.41) is 13.9. The highest BCUT2D eigenvalue weighted by molar-refractivity contribution is 5.85. The molecule has 1 aliphatic rings. The van der Waals surface area contributed by atoms with E-state index >= 15 is 0 Å². The Morgan fingerprint density at radius 3 is 2.43 bits per heavy atom. The molecule has 6 heteroatoms. The van der Waals surface area contributed by atoms with Gasteiger partial charge < -0.3 is 21.5 Å². The van der Waals surface area contributed by atoms with Crippen molar-refractivity contribution in [3.63, 3.8) is 0 Å². The van der Waals surface area contributed by atoms with E-state index in [9.17, 15) is 9.59 Å². The van der Waals surface area contributed by atoms with Gasteiger partial charge in [0, 0.05) is 0 Å². The van der Waals surface area contributed by atoms with E-state index in [-0.39, 0.29) is 31.5 Å². The van der Waals surface area contributed by atoms with Crippen LogP contribution in [0.2, 0.25) is 0 Å². The summed E-state index contributed by atoms with van der Waals surface area (Å²) in [7, 11) is 0. The Balaban J connectivity index is 2.19. The van der Waals surface area contributed by atoms with Gasteiger partial charge in [0.1, 0.15) is 0 Å². The highest BCUT2D eigenvalue weighted by Crippen LogP contribution is 2.34. The summed E-state index contributed by atoms with van der Waals surface area (Å²) in [5.41, 5.74) is 4.61. The molecule has 5 N–H and O–H groups in total. The predicted molar refractivity (Wildman–Crippen MR) is 49.3 cm³/mol. The van der Waals surface area contributed by atoms with Crippen LogP contribution in [0.5, 0.6) is 0 Å². The molecule has 0 aromatic rings. The van der Waals surface area contributed by atoms with Gasteiger partial charge in [0.15, 0.2) is 0 Å². The number of aliphatic hydroxyl groups excluding tert-OH is 1. The molecule has 0 aliphatic heterocycles. The second-order valence-corrected chi connectivity index (χ2v) is 3.47. The van der Waals surface area contributed by atoms with Gasteiger partial charge in [-0.25, -0.2) is 0 Å². The third-order valence-electron chi connectivity index (χ3n) is 2.19. The van der Waals surface area contributed by atoms with E-state index in [2.05, 4.69) is 10.6 Å². The van der Waals surface area contributed by atoms with Crippen molar-refractivity contribution in [1.29, 1.82) is 0 Å². The van der Waals surface area contributed by atoms with Crippen molar-refractivity contribution >= 4 is 11.8 Å². The maximum Gasteiger partial charge on any atom is 0.239 e. The Bertz CT molecular complexity index is 238. The van der Waals surface area contributed by atoms with Crippen LogP contribution in [0.4, 0.5) is 0 Å². The van der Waals surface area contributed by atoms with Crippen molar-refractivity contribution in [1.82, 2.24) is 10.6 Å². The molecule has 1 fully saturated rings. The zero-order valence-corrected chi connectivity index (χ0v) is 7.88. The van der Waals surface area contributed by atoms with Crippen molar-refractivity contribution in [3.8, 4) is 0 Å². The maximum atomic E-state index is 11.2. The SMILES string of the molecule is NCC(=O)NCC(=O)NC1(CO)CC1. The van der Waals surface area contributed by atoms with Crippen LogP contribution in [0, 0.1) is 0 Å². The van der Waals surface area contributed by atoms with E-state index < -0.39 is 5.54 Å². The maximum absolute atomic E-state index is 11.2. The summed E-state index contributed by atoms with van der Waals surface area (Å²) >= 11 is 0. The topological polar surface area (TPSA) is 104 Å². The largest absolute Gasteiger partial charge is 0.394 e. The lowest BCUT2D eigenvalue weighted by Gasteiger charge is -2.14. The van der Waals surface area contributed by atoms with Gasteiger partial charge >= 0.3 is 0 Å². The Morgan fingerprint density at radius 2 is 2.00 bits per heavy atom. The number of hydrogen-bond donors (Lipinski definition) is 4. The number of carbonyl (C=O) groups excluding carboxylic acids is 2. The van der Waals surface area contributed by atoms with Crippen molar-refractivity contribution in [2.24, 2.45) is 5.73 Å². The summed E-state index contributed by atoms with van der Waals surface area (Å²) < 4.78 is 0. The van der Waals surface area contributed by atoms with Gasteiger partial charge in [0.2, 0.25) is 11.8 Å². The van der Waals surface area contributed by atoms with Crippen LogP contribution in [0.25, 0.3) is 0 Å². The Morgan fingerprint density at radius 1 is 1.36 bits per heavy atom. The van der Waals surface area contributed by atoms with Crippen LogP contribution in [0.1, 0.15) is 12.8 Å². The molecule has 0 saturated heterocycles. The molecule has 1 aliphatic carbocycles. The number of amides is 2. The monoisotopic (exact) mass is 201 g/mol. The summed E-state index contributed by atoms with van der Waals surface area (Å²) in [6, 6.07) is 0. The normalized spacial score (nSPS) is 17.3. The van der Waals surface area contributed by atoms with Gasteiger partial charge in [-0.1, -0.05) is 0 Å². The third kappa shape index (κ3) is 2.97. The minimum Gasteiger partial charge on any atom is -0.394 e. The van der Waals surface area contributed by atoms with Crippen LogP contribution in [0.15, 0.2) is 0 Å². The number of hydrogen-bond acceptors (Lipinski definition) is 4. The van der Waals surface area contributed by atoms with E-state index in [1.165, 1.54) is 0 Å². The van der Waals surface area contributed by atoms with Gasteiger partial charge in [-0.3, -0.25) is 9.59 Å². The fourth-order valence-electron chi connectivity index (χ4n) is 1.06. The molecule has 0 aromatic heterocycles. The number of nitrogens with one attached hydrogen (secondary N) is 2. The first-order valence-corrected chi connectivity index (χ1v) is 4.50. The summed E-state index contributed by atoms with van der Waals surface area (Å²) in [4.78, 5) is 21.9. The molecule has 0 aromatic carbocycles. The quantitative estimate of drug-likeness (QED) is 0.401. The second-order valence-electron chi connectivity index (χ2n) is 3.47. The van der Waals surface area contributed by atoms with Gasteiger partial charge in [-0.15, -0.1) is 0 Å².